The van der Waals surface area contributed by atoms with Crippen molar-refractivity contribution in [1.82, 2.24) is 4.31 Å². The van der Waals surface area contributed by atoms with Crippen molar-refractivity contribution in [2.75, 3.05) is 19.0 Å². The molecule has 0 amide bonds. The lowest BCUT2D eigenvalue weighted by molar-refractivity contribution is -0.387. The smallest absolute Gasteiger partial charge is 0.292 e. The first-order chi connectivity index (χ1) is 14.3. The Morgan fingerprint density at radius 2 is 1.60 bits per heavy atom. The fourth-order valence-electron chi connectivity index (χ4n) is 3.17. The number of hydrogen-bond donors (Lipinski definition) is 1. The second-order valence-corrected chi connectivity index (χ2v) is 8.12. The normalized spacial score (nSPS) is 14.4. The summed E-state index contributed by atoms with van der Waals surface area (Å²) in [4.78, 5) is 20.8. The topological polar surface area (TPSA) is 145 Å². The van der Waals surface area contributed by atoms with Gasteiger partial charge in [-0.2, -0.15) is 0 Å². The molecular weight excluding hydrogens is 416 g/mol. The molecule has 1 heterocycles. The van der Waals surface area contributed by atoms with Gasteiger partial charge in [0.25, 0.3) is 21.4 Å². The molecule has 1 aliphatic rings. The van der Waals surface area contributed by atoms with Crippen molar-refractivity contribution < 1.29 is 23.0 Å². The molecule has 1 aliphatic heterocycles. The molecule has 2 aromatic rings. The van der Waals surface area contributed by atoms with Gasteiger partial charge in [-0.1, -0.05) is 24.3 Å². The number of methoxy groups -OCH3 is 1. The van der Waals surface area contributed by atoms with Gasteiger partial charge in [0.15, 0.2) is 4.90 Å². The van der Waals surface area contributed by atoms with Gasteiger partial charge in [-0.15, -0.1) is 0 Å². The van der Waals surface area contributed by atoms with Gasteiger partial charge in [0, 0.05) is 18.7 Å². The van der Waals surface area contributed by atoms with Crippen molar-refractivity contribution in [1.29, 1.82) is 0 Å². The van der Waals surface area contributed by atoms with Gasteiger partial charge in [-0.25, -0.2) is 12.7 Å². The lowest BCUT2D eigenvalue weighted by atomic mass is 10.1. The molecule has 11 nitrogen and oxygen atoms in total. The van der Waals surface area contributed by atoms with Crippen molar-refractivity contribution in [3.05, 3.63) is 80.3 Å². The van der Waals surface area contributed by atoms with E-state index in [1.54, 1.807) is 6.07 Å². The van der Waals surface area contributed by atoms with E-state index in [4.69, 9.17) is 4.74 Å². The van der Waals surface area contributed by atoms with Crippen LogP contribution in [-0.2, 0) is 14.8 Å². The molecule has 30 heavy (non-hydrogen) atoms. The van der Waals surface area contributed by atoms with Crippen LogP contribution in [0.3, 0.4) is 0 Å². The molecule has 0 bridgehead atoms. The van der Waals surface area contributed by atoms with Crippen LogP contribution < -0.4 is 5.32 Å². The number of nitro groups is 2. The van der Waals surface area contributed by atoms with E-state index in [-0.39, 0.29) is 23.8 Å². The first kappa shape index (κ1) is 21.0. The summed E-state index contributed by atoms with van der Waals surface area (Å²) in [6.07, 6.45) is 0.758. The first-order valence-electron chi connectivity index (χ1n) is 8.81. The van der Waals surface area contributed by atoms with Gasteiger partial charge >= 0.3 is 0 Å². The molecule has 0 unspecified atom stereocenters. The summed E-state index contributed by atoms with van der Waals surface area (Å²) in [7, 11) is -3.05. The van der Waals surface area contributed by atoms with Crippen molar-refractivity contribution in [2.24, 2.45) is 0 Å². The van der Waals surface area contributed by atoms with E-state index in [1.807, 2.05) is 0 Å². The van der Waals surface area contributed by atoms with E-state index in [0.29, 0.717) is 18.5 Å². The van der Waals surface area contributed by atoms with Crippen molar-refractivity contribution in [2.45, 2.75) is 17.7 Å². The summed E-state index contributed by atoms with van der Waals surface area (Å²) in [5.74, 6) is -0.0717. The third-order valence-electron chi connectivity index (χ3n) is 4.48. The number of anilines is 1. The molecule has 3 rings (SSSR count). The maximum absolute atomic E-state index is 13.2. The van der Waals surface area contributed by atoms with Crippen molar-refractivity contribution in [3.8, 4) is 0 Å². The van der Waals surface area contributed by atoms with Crippen LogP contribution in [0.1, 0.15) is 12.8 Å². The molecule has 0 spiro atoms. The van der Waals surface area contributed by atoms with Crippen LogP contribution in [0.5, 0.6) is 0 Å². The maximum Gasteiger partial charge on any atom is 0.292 e. The summed E-state index contributed by atoms with van der Waals surface area (Å²) >= 11 is 0. The number of nitrogens with zero attached hydrogens (tertiary/aromatic N) is 3. The van der Waals surface area contributed by atoms with Crippen LogP contribution in [0.4, 0.5) is 17.1 Å². The van der Waals surface area contributed by atoms with E-state index in [9.17, 15) is 28.6 Å². The minimum atomic E-state index is -4.32. The molecule has 0 aromatic heterocycles. The van der Waals surface area contributed by atoms with E-state index in [1.165, 1.54) is 37.4 Å². The summed E-state index contributed by atoms with van der Waals surface area (Å²) in [5, 5.41) is 25.5. The highest BCUT2D eigenvalue weighted by Crippen LogP contribution is 2.34. The zero-order valence-electron chi connectivity index (χ0n) is 15.8. The Kier molecular flexibility index (Phi) is 5.87. The Morgan fingerprint density at radius 3 is 2.23 bits per heavy atom. The number of allylic oxidation sites excluding steroid dienone is 1. The zero-order valence-corrected chi connectivity index (χ0v) is 16.7. The third kappa shape index (κ3) is 3.89. The van der Waals surface area contributed by atoms with Crippen molar-refractivity contribution in [3.63, 3.8) is 0 Å². The number of hydrogen-bond acceptors (Lipinski definition) is 8. The average molecular weight is 434 g/mol. The molecule has 0 atom stereocenters. The lowest BCUT2D eigenvalue weighted by Crippen LogP contribution is -2.37. The molecule has 1 N–H and O–H groups in total. The second-order valence-electron chi connectivity index (χ2n) is 6.29. The van der Waals surface area contributed by atoms with Crippen LogP contribution in [0.25, 0.3) is 0 Å². The molecule has 158 valence electrons. The van der Waals surface area contributed by atoms with Gasteiger partial charge < -0.3 is 10.1 Å². The van der Waals surface area contributed by atoms with Crippen LogP contribution >= 0.6 is 0 Å². The highest BCUT2D eigenvalue weighted by Gasteiger charge is 2.36. The Hall–Kier alpha value is -3.67. The SMILES string of the molecule is COC1=C(Nc2ccccc2[N+](=O)[O-])CCCN1S(=O)(=O)c1ccccc1[N+](=O)[O-]. The molecule has 0 aliphatic carbocycles. The van der Waals surface area contributed by atoms with E-state index in [0.717, 1.165) is 16.4 Å². The summed E-state index contributed by atoms with van der Waals surface area (Å²) < 4.78 is 32.7. The fourth-order valence-corrected chi connectivity index (χ4v) is 4.84. The average Bonchev–Trinajstić information content (AvgIpc) is 2.73. The predicted octanol–water partition coefficient (Wildman–Crippen LogP) is 3.22. The standard InChI is InChI=1S/C18H18N4O7S/c1-29-18-14(19-13-7-2-3-9-15(13)21(23)24)8-6-12-20(18)30(27,28)17-11-5-4-10-16(17)22(25)26/h2-5,7,9-11,19H,6,8,12H2,1H3. The largest absolute Gasteiger partial charge is 0.480 e. The first-order valence-corrected chi connectivity index (χ1v) is 10.2. The van der Waals surface area contributed by atoms with E-state index >= 15 is 0 Å². The second kappa shape index (κ2) is 8.37. The fraction of sp³-hybridized carbons (Fsp3) is 0.222. The summed E-state index contributed by atoms with van der Waals surface area (Å²) in [6, 6.07) is 11.0. The van der Waals surface area contributed by atoms with Gasteiger partial charge in [-0.3, -0.25) is 20.2 Å². The number of nitrogens with one attached hydrogen (secondary N) is 1. The van der Waals surface area contributed by atoms with E-state index in [2.05, 4.69) is 5.32 Å². The highest BCUT2D eigenvalue weighted by molar-refractivity contribution is 7.89. The molecule has 0 fully saturated rings. The Balaban J connectivity index is 2.07. The number of rotatable bonds is 7. The summed E-state index contributed by atoms with van der Waals surface area (Å²) in [6.45, 7) is 0.0413. The number of benzene rings is 2. The van der Waals surface area contributed by atoms with Gasteiger partial charge in [0.05, 0.1) is 22.7 Å². The monoisotopic (exact) mass is 434 g/mol. The minimum Gasteiger partial charge on any atom is -0.480 e. The molecule has 0 saturated carbocycles. The molecule has 12 heteroatoms. The van der Waals surface area contributed by atoms with Crippen LogP contribution in [0.15, 0.2) is 65.0 Å². The Bertz CT molecular complexity index is 1130. The quantitative estimate of drug-likeness (QED) is 0.516. The lowest BCUT2D eigenvalue weighted by Gasteiger charge is -2.31. The molecular formula is C18H18N4O7S. The minimum absolute atomic E-state index is 0.0413. The number of para-hydroxylation sites is 3. The number of nitro benzene ring substituents is 2. The van der Waals surface area contributed by atoms with Crippen LogP contribution in [0, 0.1) is 20.2 Å². The summed E-state index contributed by atoms with van der Waals surface area (Å²) in [5.41, 5.74) is -0.233. The van der Waals surface area contributed by atoms with Gasteiger partial charge in [-0.05, 0) is 25.0 Å². The van der Waals surface area contributed by atoms with Crippen LogP contribution in [0.2, 0.25) is 0 Å². The van der Waals surface area contributed by atoms with E-state index < -0.39 is 30.5 Å². The van der Waals surface area contributed by atoms with Gasteiger partial charge in [0.2, 0.25) is 5.88 Å². The van der Waals surface area contributed by atoms with Gasteiger partial charge in [0.1, 0.15) is 5.69 Å². The molecule has 0 saturated heterocycles. The Morgan fingerprint density at radius 1 is 1.00 bits per heavy atom. The zero-order chi connectivity index (χ0) is 21.9. The maximum atomic E-state index is 13.2. The van der Waals surface area contributed by atoms with Crippen molar-refractivity contribution >= 4 is 27.1 Å². The molecule has 2 aromatic carbocycles. The number of ether oxygens (including phenoxy) is 1. The third-order valence-corrected chi connectivity index (χ3v) is 6.31. The van der Waals surface area contributed by atoms with Crippen LogP contribution in [-0.4, -0.2) is 36.2 Å². The highest BCUT2D eigenvalue weighted by atomic mass is 32.2. The Labute approximate surface area is 171 Å². The predicted molar refractivity (Wildman–Crippen MR) is 107 cm³/mol. The number of sulfonamides is 1. The molecule has 0 radical (unpaired) electrons.